The average Bonchev–Trinajstić information content (AvgIpc) is 3.35. The molecular weight excluding hydrogens is 526 g/mol. The quantitative estimate of drug-likeness (QED) is 0.198. The first-order valence-electron chi connectivity index (χ1n) is 14.2. The lowest BCUT2D eigenvalue weighted by Crippen LogP contribution is -2.20. The number of aromatic nitrogens is 2. The summed E-state index contributed by atoms with van der Waals surface area (Å²) in [5, 5.41) is 5.55. The van der Waals surface area contributed by atoms with Crippen molar-refractivity contribution in [2.75, 3.05) is 11.9 Å². The second kappa shape index (κ2) is 10.5. The number of sulfone groups is 1. The molecule has 5 nitrogen and oxygen atoms in total. The van der Waals surface area contributed by atoms with Crippen LogP contribution in [0.25, 0.3) is 44.2 Å². The van der Waals surface area contributed by atoms with Gasteiger partial charge in [-0.1, -0.05) is 73.2 Å². The molecule has 204 valence electrons. The van der Waals surface area contributed by atoms with Crippen LogP contribution in [-0.2, 0) is 15.6 Å². The minimum absolute atomic E-state index is 0.0667. The predicted octanol–water partition coefficient (Wildman–Crippen LogP) is 8.24. The molecule has 1 saturated carbocycles. The van der Waals surface area contributed by atoms with Gasteiger partial charge in [0.2, 0.25) is 0 Å². The van der Waals surface area contributed by atoms with E-state index in [1.165, 1.54) is 19.3 Å². The molecule has 2 N–H and O–H groups in total. The van der Waals surface area contributed by atoms with Crippen molar-refractivity contribution in [3.63, 3.8) is 0 Å². The Morgan fingerprint density at radius 3 is 2.27 bits per heavy atom. The average molecular weight is 558 g/mol. The van der Waals surface area contributed by atoms with Crippen LogP contribution in [-0.4, -0.2) is 24.9 Å². The Kier molecular flexibility index (Phi) is 6.56. The summed E-state index contributed by atoms with van der Waals surface area (Å²) in [7, 11) is -3.48. The van der Waals surface area contributed by atoms with Crippen molar-refractivity contribution in [2.24, 2.45) is 5.92 Å². The van der Waals surface area contributed by atoms with Gasteiger partial charge < -0.3 is 10.3 Å². The zero-order valence-electron chi connectivity index (χ0n) is 22.7. The van der Waals surface area contributed by atoms with Crippen LogP contribution in [0.15, 0.2) is 114 Å². The maximum Gasteiger partial charge on any atom is 0.182 e. The first-order chi connectivity index (χ1) is 20.0. The van der Waals surface area contributed by atoms with Gasteiger partial charge in [0.05, 0.1) is 10.6 Å². The number of nitrogens with zero attached hydrogens (tertiary/aromatic N) is 1. The zero-order chi connectivity index (χ0) is 27.8. The molecule has 0 aliphatic heterocycles. The van der Waals surface area contributed by atoms with Crippen LogP contribution in [0.4, 0.5) is 5.69 Å². The summed E-state index contributed by atoms with van der Waals surface area (Å²) in [6, 6.07) is 33.5. The minimum Gasteiger partial charge on any atom is -0.385 e. The number of rotatable bonds is 8. The van der Waals surface area contributed by atoms with Gasteiger partial charge in [-0.2, -0.15) is 0 Å². The number of fused-ring (bicyclic) bond motifs is 3. The smallest absolute Gasteiger partial charge is 0.182 e. The Bertz CT molecular complexity index is 1940. The van der Waals surface area contributed by atoms with Crippen molar-refractivity contribution in [3.8, 4) is 22.3 Å². The van der Waals surface area contributed by atoms with Crippen molar-refractivity contribution in [1.29, 1.82) is 0 Å². The SMILES string of the molecule is O=S(=O)(Cc1ccc2[nH]c3ncc(-c4ccc(NCC5CCC5)cc4)c(-c4ccccc4)c3c2c1)c1ccccc1. The lowest BCUT2D eigenvalue weighted by atomic mass is 9.85. The van der Waals surface area contributed by atoms with Gasteiger partial charge in [-0.3, -0.25) is 0 Å². The van der Waals surface area contributed by atoms with Crippen LogP contribution in [0, 0.1) is 5.92 Å². The largest absolute Gasteiger partial charge is 0.385 e. The number of benzene rings is 4. The van der Waals surface area contributed by atoms with E-state index >= 15 is 0 Å². The molecule has 0 atom stereocenters. The summed E-state index contributed by atoms with van der Waals surface area (Å²) < 4.78 is 26.3. The molecule has 4 aromatic carbocycles. The summed E-state index contributed by atoms with van der Waals surface area (Å²) in [5.74, 6) is 0.725. The molecule has 0 spiro atoms. The highest BCUT2D eigenvalue weighted by Crippen LogP contribution is 2.41. The highest BCUT2D eigenvalue weighted by Gasteiger charge is 2.20. The van der Waals surface area contributed by atoms with Gasteiger partial charge in [0, 0.05) is 45.8 Å². The second-order valence-corrected chi connectivity index (χ2v) is 13.0. The molecule has 41 heavy (non-hydrogen) atoms. The molecule has 7 rings (SSSR count). The van der Waals surface area contributed by atoms with Crippen LogP contribution in [0.3, 0.4) is 0 Å². The molecule has 0 unspecified atom stereocenters. The molecule has 1 aliphatic carbocycles. The van der Waals surface area contributed by atoms with E-state index in [2.05, 4.69) is 46.7 Å². The maximum absolute atomic E-state index is 13.2. The molecule has 0 bridgehead atoms. The van der Waals surface area contributed by atoms with E-state index in [1.54, 1.807) is 24.3 Å². The first kappa shape index (κ1) is 25.5. The van der Waals surface area contributed by atoms with E-state index < -0.39 is 9.84 Å². The Morgan fingerprint density at radius 1 is 0.829 bits per heavy atom. The molecule has 6 aromatic rings. The Balaban J connectivity index is 1.34. The number of pyridine rings is 1. The summed E-state index contributed by atoms with van der Waals surface area (Å²) in [6.45, 7) is 1.03. The Hall–Kier alpha value is -4.42. The number of nitrogens with one attached hydrogen (secondary N) is 2. The lowest BCUT2D eigenvalue weighted by Gasteiger charge is -2.25. The highest BCUT2D eigenvalue weighted by atomic mass is 32.2. The van der Waals surface area contributed by atoms with Crippen molar-refractivity contribution < 1.29 is 8.42 Å². The number of hydrogen-bond donors (Lipinski definition) is 2. The number of H-pyrrole nitrogens is 1. The summed E-state index contributed by atoms with van der Waals surface area (Å²) >= 11 is 0. The highest BCUT2D eigenvalue weighted by molar-refractivity contribution is 7.90. The van der Waals surface area contributed by atoms with Gasteiger partial charge in [0.1, 0.15) is 5.65 Å². The number of anilines is 1. The Labute approximate surface area is 240 Å². The van der Waals surface area contributed by atoms with Gasteiger partial charge in [0.15, 0.2) is 9.84 Å². The first-order valence-corrected chi connectivity index (χ1v) is 15.8. The third-order valence-corrected chi connectivity index (χ3v) is 9.93. The van der Waals surface area contributed by atoms with Crippen LogP contribution in [0.5, 0.6) is 0 Å². The van der Waals surface area contributed by atoms with E-state index in [1.807, 2.05) is 48.7 Å². The lowest BCUT2D eigenvalue weighted by molar-refractivity contribution is 0.333. The van der Waals surface area contributed by atoms with Crippen LogP contribution in [0.2, 0.25) is 0 Å². The third-order valence-electron chi connectivity index (χ3n) is 8.22. The van der Waals surface area contributed by atoms with Gasteiger partial charge in [-0.25, -0.2) is 13.4 Å². The fraction of sp³-hybridized carbons (Fsp3) is 0.171. The fourth-order valence-corrected chi connectivity index (χ4v) is 7.13. The van der Waals surface area contributed by atoms with Crippen molar-refractivity contribution in [1.82, 2.24) is 9.97 Å². The van der Waals surface area contributed by atoms with Gasteiger partial charge in [-0.15, -0.1) is 0 Å². The van der Waals surface area contributed by atoms with Crippen molar-refractivity contribution >= 4 is 37.5 Å². The topological polar surface area (TPSA) is 74.8 Å². The molecule has 1 aliphatic rings. The van der Waals surface area contributed by atoms with E-state index in [0.29, 0.717) is 4.90 Å². The molecule has 6 heteroatoms. The summed E-state index contributed by atoms with van der Waals surface area (Å²) in [5.41, 5.74) is 7.89. The maximum atomic E-state index is 13.2. The number of hydrogen-bond acceptors (Lipinski definition) is 4. The van der Waals surface area contributed by atoms with Gasteiger partial charge in [-0.05, 0) is 71.8 Å². The van der Waals surface area contributed by atoms with Crippen molar-refractivity contribution in [2.45, 2.75) is 29.9 Å². The van der Waals surface area contributed by atoms with E-state index in [0.717, 1.165) is 67.9 Å². The minimum atomic E-state index is -3.48. The van der Waals surface area contributed by atoms with E-state index in [-0.39, 0.29) is 5.75 Å². The summed E-state index contributed by atoms with van der Waals surface area (Å²) in [6.07, 6.45) is 5.93. The number of aromatic amines is 1. The monoisotopic (exact) mass is 557 g/mol. The predicted molar refractivity (Wildman–Crippen MR) is 168 cm³/mol. The molecule has 1 fully saturated rings. The van der Waals surface area contributed by atoms with E-state index in [4.69, 9.17) is 4.98 Å². The molecule has 0 amide bonds. The van der Waals surface area contributed by atoms with E-state index in [9.17, 15) is 8.42 Å². The molecule has 2 heterocycles. The Morgan fingerprint density at radius 2 is 1.56 bits per heavy atom. The van der Waals surface area contributed by atoms with Crippen LogP contribution in [0.1, 0.15) is 24.8 Å². The van der Waals surface area contributed by atoms with Gasteiger partial charge in [0.25, 0.3) is 0 Å². The molecular formula is C35H31N3O2S. The van der Waals surface area contributed by atoms with Crippen LogP contribution < -0.4 is 5.32 Å². The zero-order valence-corrected chi connectivity index (χ0v) is 23.5. The third kappa shape index (κ3) is 5.00. The van der Waals surface area contributed by atoms with Crippen molar-refractivity contribution in [3.05, 3.63) is 115 Å². The van der Waals surface area contributed by atoms with Crippen LogP contribution >= 0.6 is 0 Å². The normalized spacial score (nSPS) is 13.9. The molecule has 0 saturated heterocycles. The second-order valence-electron chi connectivity index (χ2n) is 11.0. The fourth-order valence-electron chi connectivity index (χ4n) is 5.77. The standard InChI is InChI=1S/C35H31N3O2S/c39-41(40,29-12-5-2-6-13-29)23-25-14-19-32-30(20-25)34-33(27-10-3-1-4-11-27)31(22-37-35(34)38-32)26-15-17-28(18-16-26)36-21-24-8-7-9-24/h1-6,10-20,22,24,36H,7-9,21,23H2,(H,37,38). The van der Waals surface area contributed by atoms with Gasteiger partial charge >= 0.3 is 0 Å². The molecule has 2 aromatic heterocycles. The summed E-state index contributed by atoms with van der Waals surface area (Å²) in [4.78, 5) is 8.64. The molecule has 0 radical (unpaired) electrons.